The van der Waals surface area contributed by atoms with E-state index < -0.39 is 0 Å². The summed E-state index contributed by atoms with van der Waals surface area (Å²) < 4.78 is 16.8. The largest absolute Gasteiger partial charge is 0.468 e. The van der Waals surface area contributed by atoms with Crippen molar-refractivity contribution in [2.45, 2.75) is 45.1 Å². The number of H-pyrrole nitrogens is 1. The molecule has 0 bridgehead atoms. The number of hydrogen-bond donors (Lipinski definition) is 2. The second kappa shape index (κ2) is 6.68. The van der Waals surface area contributed by atoms with Crippen molar-refractivity contribution in [2.24, 2.45) is 5.41 Å². The summed E-state index contributed by atoms with van der Waals surface area (Å²) in [5.41, 5.74) is 3.41. The van der Waals surface area contributed by atoms with Gasteiger partial charge in [-0.2, -0.15) is 0 Å². The van der Waals surface area contributed by atoms with Crippen LogP contribution < -0.4 is 5.32 Å². The Morgan fingerprint density at radius 1 is 1.27 bits per heavy atom. The SMILES string of the molecule is COC(=O)[C@@H]1Cc2c([nH]c3ccccc23)C(CC2OCC(C)(C)CO2)N1. The Labute approximate surface area is 153 Å². The number of carbonyl (C=O) groups is 1. The van der Waals surface area contributed by atoms with E-state index in [4.69, 9.17) is 14.2 Å². The number of ether oxygens (including phenoxy) is 3. The summed E-state index contributed by atoms with van der Waals surface area (Å²) in [4.78, 5) is 15.7. The molecule has 140 valence electrons. The first kappa shape index (κ1) is 17.5. The standard InChI is InChI=1S/C20H26N2O4/c1-20(2)10-25-17(26-11-20)9-15-18-13(8-16(21-15)19(23)24-3)12-6-4-5-7-14(12)22-18/h4-7,15-17,21-22H,8-11H2,1-3H3/t15?,16-/m0/s1. The van der Waals surface area contributed by atoms with Crippen molar-refractivity contribution in [1.82, 2.24) is 10.3 Å². The smallest absolute Gasteiger partial charge is 0.323 e. The molecule has 2 aliphatic heterocycles. The molecule has 0 radical (unpaired) electrons. The van der Waals surface area contributed by atoms with Crippen molar-refractivity contribution in [3.05, 3.63) is 35.5 Å². The number of methoxy groups -OCH3 is 1. The second-order valence-corrected chi connectivity index (χ2v) is 8.01. The van der Waals surface area contributed by atoms with Crippen molar-refractivity contribution < 1.29 is 19.0 Å². The van der Waals surface area contributed by atoms with Gasteiger partial charge in [-0.3, -0.25) is 10.1 Å². The van der Waals surface area contributed by atoms with Gasteiger partial charge in [0.15, 0.2) is 6.29 Å². The number of carbonyl (C=O) groups excluding carboxylic acids is 1. The van der Waals surface area contributed by atoms with E-state index in [0.29, 0.717) is 26.1 Å². The number of hydrogen-bond acceptors (Lipinski definition) is 5. The zero-order chi connectivity index (χ0) is 18.3. The Balaban J connectivity index is 1.62. The molecule has 1 fully saturated rings. The first-order chi connectivity index (χ1) is 12.5. The Hall–Kier alpha value is -1.89. The lowest BCUT2D eigenvalue weighted by Crippen LogP contribution is -2.47. The van der Waals surface area contributed by atoms with Gasteiger partial charge in [-0.1, -0.05) is 32.0 Å². The Morgan fingerprint density at radius 3 is 2.73 bits per heavy atom. The van der Waals surface area contributed by atoms with Crippen molar-refractivity contribution in [1.29, 1.82) is 0 Å². The van der Waals surface area contributed by atoms with Gasteiger partial charge >= 0.3 is 5.97 Å². The van der Waals surface area contributed by atoms with Crippen LogP contribution in [-0.2, 0) is 25.4 Å². The van der Waals surface area contributed by atoms with E-state index in [9.17, 15) is 4.79 Å². The van der Waals surface area contributed by atoms with E-state index >= 15 is 0 Å². The zero-order valence-corrected chi connectivity index (χ0v) is 15.5. The predicted molar refractivity (Wildman–Crippen MR) is 97.8 cm³/mol. The molecule has 2 N–H and O–H groups in total. The molecule has 2 atom stereocenters. The molecule has 2 aliphatic rings. The lowest BCUT2D eigenvalue weighted by molar-refractivity contribution is -0.226. The minimum absolute atomic E-state index is 0.0390. The molecule has 1 saturated heterocycles. The minimum atomic E-state index is -0.364. The molecule has 1 aromatic carbocycles. The van der Waals surface area contributed by atoms with Crippen LogP contribution in [-0.4, -0.2) is 43.6 Å². The molecule has 0 spiro atoms. The maximum atomic E-state index is 12.2. The molecular formula is C20H26N2O4. The van der Waals surface area contributed by atoms with Crippen LogP contribution in [0.15, 0.2) is 24.3 Å². The fourth-order valence-corrected chi connectivity index (χ4v) is 3.86. The van der Waals surface area contributed by atoms with Gasteiger partial charge < -0.3 is 19.2 Å². The van der Waals surface area contributed by atoms with Crippen molar-refractivity contribution in [3.63, 3.8) is 0 Å². The van der Waals surface area contributed by atoms with Crippen molar-refractivity contribution >= 4 is 16.9 Å². The van der Waals surface area contributed by atoms with E-state index in [1.54, 1.807) is 0 Å². The maximum Gasteiger partial charge on any atom is 0.323 e. The highest BCUT2D eigenvalue weighted by Crippen LogP contribution is 2.35. The third-order valence-corrected chi connectivity index (χ3v) is 5.24. The molecule has 2 aromatic rings. The van der Waals surface area contributed by atoms with Crippen LogP contribution in [0.25, 0.3) is 10.9 Å². The molecule has 0 aliphatic carbocycles. The monoisotopic (exact) mass is 358 g/mol. The van der Waals surface area contributed by atoms with E-state index in [2.05, 4.69) is 36.3 Å². The highest BCUT2D eigenvalue weighted by Gasteiger charge is 2.37. The Kier molecular flexibility index (Phi) is 4.50. The fourth-order valence-electron chi connectivity index (χ4n) is 3.86. The van der Waals surface area contributed by atoms with Crippen LogP contribution in [0.4, 0.5) is 0 Å². The fraction of sp³-hybridized carbons (Fsp3) is 0.550. The number of para-hydroxylation sites is 1. The van der Waals surface area contributed by atoms with Gasteiger partial charge in [0.2, 0.25) is 0 Å². The van der Waals surface area contributed by atoms with Gasteiger partial charge in [-0.25, -0.2) is 0 Å². The summed E-state index contributed by atoms with van der Waals surface area (Å²) in [5, 5.41) is 4.59. The lowest BCUT2D eigenvalue weighted by atomic mass is 9.91. The summed E-state index contributed by atoms with van der Waals surface area (Å²) in [6.45, 7) is 5.60. The topological polar surface area (TPSA) is 72.6 Å². The summed E-state index contributed by atoms with van der Waals surface area (Å²) >= 11 is 0. The van der Waals surface area contributed by atoms with Gasteiger partial charge in [0.05, 0.1) is 26.4 Å². The molecule has 1 unspecified atom stereocenters. The Morgan fingerprint density at radius 2 is 2.00 bits per heavy atom. The quantitative estimate of drug-likeness (QED) is 0.826. The van der Waals surface area contributed by atoms with Crippen LogP contribution in [0.3, 0.4) is 0 Å². The van der Waals surface area contributed by atoms with Gasteiger partial charge in [0, 0.05) is 34.9 Å². The molecule has 0 amide bonds. The van der Waals surface area contributed by atoms with Gasteiger partial charge in [0.25, 0.3) is 0 Å². The average molecular weight is 358 g/mol. The van der Waals surface area contributed by atoms with Crippen LogP contribution in [0, 0.1) is 5.41 Å². The first-order valence-electron chi connectivity index (χ1n) is 9.13. The van der Waals surface area contributed by atoms with Crippen LogP contribution in [0.2, 0.25) is 0 Å². The van der Waals surface area contributed by atoms with Crippen LogP contribution >= 0.6 is 0 Å². The number of rotatable bonds is 3. The molecule has 6 heteroatoms. The molecule has 26 heavy (non-hydrogen) atoms. The summed E-state index contributed by atoms with van der Waals surface area (Å²) in [6.07, 6.45) is 0.974. The number of nitrogens with one attached hydrogen (secondary N) is 2. The Bertz CT molecular complexity index is 803. The number of esters is 1. The molecule has 4 rings (SSSR count). The molecule has 0 saturated carbocycles. The number of fused-ring (bicyclic) bond motifs is 3. The highest BCUT2D eigenvalue weighted by molar-refractivity contribution is 5.87. The highest BCUT2D eigenvalue weighted by atomic mass is 16.7. The van der Waals surface area contributed by atoms with E-state index in [1.807, 2.05) is 12.1 Å². The zero-order valence-electron chi connectivity index (χ0n) is 15.5. The van der Waals surface area contributed by atoms with Crippen molar-refractivity contribution in [3.8, 4) is 0 Å². The lowest BCUT2D eigenvalue weighted by Gasteiger charge is -2.37. The first-order valence-corrected chi connectivity index (χ1v) is 9.13. The van der Waals surface area contributed by atoms with Gasteiger partial charge in [0.1, 0.15) is 6.04 Å². The van der Waals surface area contributed by atoms with Crippen LogP contribution in [0.5, 0.6) is 0 Å². The van der Waals surface area contributed by atoms with E-state index in [0.717, 1.165) is 16.6 Å². The minimum Gasteiger partial charge on any atom is -0.468 e. The van der Waals surface area contributed by atoms with E-state index in [1.165, 1.54) is 12.7 Å². The molecule has 3 heterocycles. The molecule has 1 aromatic heterocycles. The summed E-state index contributed by atoms with van der Waals surface area (Å²) in [5.74, 6) is -0.238. The van der Waals surface area contributed by atoms with Crippen molar-refractivity contribution in [2.75, 3.05) is 20.3 Å². The number of aromatic amines is 1. The second-order valence-electron chi connectivity index (χ2n) is 8.01. The summed E-state index contributed by atoms with van der Waals surface area (Å²) in [7, 11) is 1.43. The number of aromatic nitrogens is 1. The normalized spacial score (nSPS) is 25.8. The van der Waals surface area contributed by atoms with Gasteiger partial charge in [-0.05, 0) is 11.6 Å². The number of benzene rings is 1. The third kappa shape index (κ3) is 3.24. The molecular weight excluding hydrogens is 332 g/mol. The summed E-state index contributed by atoms with van der Waals surface area (Å²) in [6, 6.07) is 7.78. The van der Waals surface area contributed by atoms with Gasteiger partial charge in [-0.15, -0.1) is 0 Å². The van der Waals surface area contributed by atoms with Crippen LogP contribution in [0.1, 0.15) is 37.6 Å². The molecule has 6 nitrogen and oxygen atoms in total. The third-order valence-electron chi connectivity index (χ3n) is 5.24. The predicted octanol–water partition coefficient (Wildman–Crippen LogP) is 2.69. The van der Waals surface area contributed by atoms with E-state index in [-0.39, 0.29) is 29.8 Å². The average Bonchev–Trinajstić information content (AvgIpc) is 3.02. The maximum absolute atomic E-state index is 12.2.